The molecule has 0 aromatic heterocycles. The van der Waals surface area contributed by atoms with Gasteiger partial charge in [0.1, 0.15) is 0 Å². The average Bonchev–Trinajstić information content (AvgIpc) is 2.37. The molecule has 2 aromatic rings. The summed E-state index contributed by atoms with van der Waals surface area (Å²) >= 11 is 0. The molecular formula is C15H18N2O. The van der Waals surface area contributed by atoms with E-state index in [1.165, 1.54) is 0 Å². The van der Waals surface area contributed by atoms with Crippen LogP contribution in [0.15, 0.2) is 42.5 Å². The van der Waals surface area contributed by atoms with Crippen molar-refractivity contribution in [3.8, 4) is 0 Å². The third-order valence-corrected chi connectivity index (χ3v) is 3.24. The Kier molecular flexibility index (Phi) is 3.45. The van der Waals surface area contributed by atoms with Crippen LogP contribution in [0.3, 0.4) is 0 Å². The molecule has 3 heteroatoms. The Hall–Kier alpha value is -1.71. The molecule has 0 bridgehead atoms. The molecule has 0 saturated carbocycles. The molecule has 0 saturated heterocycles. The van der Waals surface area contributed by atoms with Crippen LogP contribution in [-0.2, 0) is 0 Å². The van der Waals surface area contributed by atoms with E-state index in [2.05, 4.69) is 0 Å². The number of nitrogens with two attached hydrogens (primary N) is 2. The van der Waals surface area contributed by atoms with Gasteiger partial charge < -0.3 is 11.5 Å². The first-order valence-electron chi connectivity index (χ1n) is 6.12. The van der Waals surface area contributed by atoms with Gasteiger partial charge in [-0.2, -0.15) is 0 Å². The first-order valence-corrected chi connectivity index (χ1v) is 6.12. The van der Waals surface area contributed by atoms with Crippen molar-refractivity contribution in [2.45, 2.75) is 25.4 Å². The highest BCUT2D eigenvalue weighted by atomic mass is 16.1. The Morgan fingerprint density at radius 3 is 2.50 bits per heavy atom. The SMILES string of the molecule is CCC(N)(N)CC(=O)c1cccc2ccccc12. The Morgan fingerprint density at radius 1 is 1.11 bits per heavy atom. The van der Waals surface area contributed by atoms with Crippen molar-refractivity contribution in [3.05, 3.63) is 48.0 Å². The maximum Gasteiger partial charge on any atom is 0.166 e. The van der Waals surface area contributed by atoms with Gasteiger partial charge >= 0.3 is 0 Å². The van der Waals surface area contributed by atoms with Crippen LogP contribution in [-0.4, -0.2) is 11.4 Å². The molecule has 0 aliphatic heterocycles. The zero-order valence-corrected chi connectivity index (χ0v) is 10.5. The fourth-order valence-electron chi connectivity index (χ4n) is 1.99. The molecule has 0 aliphatic carbocycles. The predicted octanol–water partition coefficient (Wildman–Crippen LogP) is 2.44. The number of fused-ring (bicyclic) bond motifs is 1. The Morgan fingerprint density at radius 2 is 1.78 bits per heavy atom. The van der Waals surface area contributed by atoms with Crippen molar-refractivity contribution in [3.63, 3.8) is 0 Å². The standard InChI is InChI=1S/C15H18N2O/c1-2-15(16,17)10-14(18)13-9-5-7-11-6-3-4-8-12(11)13/h3-9H,2,10,16-17H2,1H3. The van der Waals surface area contributed by atoms with Crippen LogP contribution in [0.2, 0.25) is 0 Å². The summed E-state index contributed by atoms with van der Waals surface area (Å²) < 4.78 is 0. The van der Waals surface area contributed by atoms with Crippen molar-refractivity contribution in [2.75, 3.05) is 0 Å². The first kappa shape index (κ1) is 12.7. The maximum absolute atomic E-state index is 12.3. The van der Waals surface area contributed by atoms with Crippen LogP contribution in [0.5, 0.6) is 0 Å². The normalized spacial score (nSPS) is 11.7. The zero-order valence-electron chi connectivity index (χ0n) is 10.5. The monoisotopic (exact) mass is 242 g/mol. The lowest BCUT2D eigenvalue weighted by Crippen LogP contribution is -2.50. The van der Waals surface area contributed by atoms with E-state index in [0.29, 0.717) is 12.0 Å². The summed E-state index contributed by atoms with van der Waals surface area (Å²) in [5.74, 6) is -0.00125. The van der Waals surface area contributed by atoms with Crippen LogP contribution in [0.4, 0.5) is 0 Å². The number of carbonyl (C=O) groups is 1. The second kappa shape index (κ2) is 4.88. The minimum atomic E-state index is -0.923. The number of hydrogen-bond acceptors (Lipinski definition) is 3. The topological polar surface area (TPSA) is 69.1 Å². The average molecular weight is 242 g/mol. The lowest BCUT2D eigenvalue weighted by Gasteiger charge is -2.21. The molecule has 0 fully saturated rings. The molecule has 4 N–H and O–H groups in total. The second-order valence-electron chi connectivity index (χ2n) is 4.71. The summed E-state index contributed by atoms with van der Waals surface area (Å²) in [6.07, 6.45) is 0.737. The highest BCUT2D eigenvalue weighted by Gasteiger charge is 2.22. The van der Waals surface area contributed by atoms with Crippen LogP contribution in [0.25, 0.3) is 10.8 Å². The van der Waals surface area contributed by atoms with E-state index in [4.69, 9.17) is 11.5 Å². The van der Waals surface area contributed by atoms with E-state index in [1.807, 2.05) is 49.4 Å². The quantitative estimate of drug-likeness (QED) is 0.639. The predicted molar refractivity (Wildman–Crippen MR) is 74.3 cm³/mol. The summed E-state index contributed by atoms with van der Waals surface area (Å²) in [6.45, 7) is 1.89. The van der Waals surface area contributed by atoms with E-state index in [1.54, 1.807) is 0 Å². The number of Topliss-reactive ketones (excluding diaryl/α,β-unsaturated/α-hetero) is 1. The summed E-state index contributed by atoms with van der Waals surface area (Å²) in [4.78, 5) is 12.3. The lowest BCUT2D eigenvalue weighted by atomic mass is 9.94. The van der Waals surface area contributed by atoms with Crippen molar-refractivity contribution in [2.24, 2.45) is 11.5 Å². The van der Waals surface area contributed by atoms with Crippen molar-refractivity contribution < 1.29 is 4.79 Å². The van der Waals surface area contributed by atoms with Gasteiger partial charge in [-0.1, -0.05) is 49.4 Å². The molecule has 0 spiro atoms. The number of rotatable bonds is 4. The smallest absolute Gasteiger partial charge is 0.166 e. The number of benzene rings is 2. The van der Waals surface area contributed by atoms with E-state index in [0.717, 1.165) is 10.8 Å². The Labute approximate surface area is 107 Å². The summed E-state index contributed by atoms with van der Waals surface area (Å²) in [5.41, 5.74) is 11.5. The molecule has 0 aliphatic rings. The van der Waals surface area contributed by atoms with E-state index in [9.17, 15) is 4.79 Å². The van der Waals surface area contributed by atoms with Gasteiger partial charge in [0, 0.05) is 12.0 Å². The lowest BCUT2D eigenvalue weighted by molar-refractivity contribution is 0.0953. The second-order valence-corrected chi connectivity index (χ2v) is 4.71. The van der Waals surface area contributed by atoms with E-state index < -0.39 is 5.66 Å². The van der Waals surface area contributed by atoms with Crippen LogP contribution in [0, 0.1) is 0 Å². The molecular weight excluding hydrogens is 224 g/mol. The number of carbonyl (C=O) groups excluding carboxylic acids is 1. The zero-order chi connectivity index (χ0) is 13.2. The third-order valence-electron chi connectivity index (χ3n) is 3.24. The molecule has 0 amide bonds. The molecule has 0 heterocycles. The Balaban J connectivity index is 2.39. The van der Waals surface area contributed by atoms with E-state index in [-0.39, 0.29) is 12.2 Å². The van der Waals surface area contributed by atoms with Gasteiger partial charge in [0.05, 0.1) is 5.66 Å². The summed E-state index contributed by atoms with van der Waals surface area (Å²) in [7, 11) is 0. The fraction of sp³-hybridized carbons (Fsp3) is 0.267. The van der Waals surface area contributed by atoms with Gasteiger partial charge in [-0.3, -0.25) is 4.79 Å². The van der Waals surface area contributed by atoms with Gasteiger partial charge in [-0.05, 0) is 17.2 Å². The minimum Gasteiger partial charge on any atom is -0.313 e. The highest BCUT2D eigenvalue weighted by Crippen LogP contribution is 2.21. The maximum atomic E-state index is 12.3. The molecule has 18 heavy (non-hydrogen) atoms. The van der Waals surface area contributed by atoms with Crippen molar-refractivity contribution >= 4 is 16.6 Å². The molecule has 3 nitrogen and oxygen atoms in total. The van der Waals surface area contributed by atoms with Gasteiger partial charge in [0.25, 0.3) is 0 Å². The van der Waals surface area contributed by atoms with Gasteiger partial charge in [-0.25, -0.2) is 0 Å². The summed E-state index contributed by atoms with van der Waals surface area (Å²) in [6, 6.07) is 13.5. The van der Waals surface area contributed by atoms with Gasteiger partial charge in [0.2, 0.25) is 0 Å². The van der Waals surface area contributed by atoms with Gasteiger partial charge in [0.15, 0.2) is 5.78 Å². The molecule has 2 rings (SSSR count). The van der Waals surface area contributed by atoms with Crippen molar-refractivity contribution in [1.29, 1.82) is 0 Å². The molecule has 2 aromatic carbocycles. The molecule has 0 atom stereocenters. The molecule has 0 radical (unpaired) electrons. The first-order chi connectivity index (χ1) is 8.53. The van der Waals surface area contributed by atoms with Crippen LogP contribution < -0.4 is 11.5 Å². The fourth-order valence-corrected chi connectivity index (χ4v) is 1.99. The summed E-state index contributed by atoms with van der Waals surface area (Å²) in [5, 5.41) is 2.01. The molecule has 94 valence electrons. The highest BCUT2D eigenvalue weighted by molar-refractivity contribution is 6.08. The van der Waals surface area contributed by atoms with Crippen LogP contribution >= 0.6 is 0 Å². The van der Waals surface area contributed by atoms with Crippen molar-refractivity contribution in [1.82, 2.24) is 0 Å². The molecule has 0 unspecified atom stereocenters. The minimum absolute atomic E-state index is 0.00125. The van der Waals surface area contributed by atoms with Crippen LogP contribution in [0.1, 0.15) is 30.1 Å². The van der Waals surface area contributed by atoms with Gasteiger partial charge in [-0.15, -0.1) is 0 Å². The largest absolute Gasteiger partial charge is 0.313 e. The third kappa shape index (κ3) is 2.58. The Bertz CT molecular complexity index is 570. The number of hydrogen-bond donors (Lipinski definition) is 2. The number of ketones is 1. The van der Waals surface area contributed by atoms with E-state index >= 15 is 0 Å².